The number of ether oxygens (including phenoxy) is 1. The van der Waals surface area contributed by atoms with E-state index in [2.05, 4.69) is 19.7 Å². The van der Waals surface area contributed by atoms with Gasteiger partial charge in [-0.05, 0) is 5.57 Å². The Bertz CT molecular complexity index is 154. The molecule has 0 unspecified atom stereocenters. The van der Waals surface area contributed by atoms with Crippen LogP contribution >= 0.6 is 0 Å². The maximum atomic E-state index is 4.92. The molecule has 0 fully saturated rings. The largest absolute Gasteiger partial charge is 0.497 e. The van der Waals surface area contributed by atoms with Crippen LogP contribution in [0.15, 0.2) is 49.8 Å². The molecule has 0 atom stereocenters. The summed E-state index contributed by atoms with van der Waals surface area (Å²) in [6.07, 6.45) is 6.67. The Kier molecular flexibility index (Phi) is 5.16. The van der Waals surface area contributed by atoms with Crippen LogP contribution in [-0.2, 0) is 4.74 Å². The quantitative estimate of drug-likeness (QED) is 0.416. The van der Waals surface area contributed by atoms with Gasteiger partial charge in [-0.2, -0.15) is 0 Å². The number of allylic oxidation sites excluding steroid dienone is 2. The zero-order valence-electron chi connectivity index (χ0n) is 6.05. The monoisotopic (exact) mass is 136 g/mol. The average molecular weight is 136 g/mol. The summed E-state index contributed by atoms with van der Waals surface area (Å²) in [7, 11) is 0. The molecule has 0 bridgehead atoms. The molecule has 0 spiro atoms. The fraction of sp³-hybridized carbons (Fsp3) is 0.111. The van der Waals surface area contributed by atoms with Crippen molar-refractivity contribution in [3.05, 3.63) is 49.8 Å². The molecule has 0 N–H and O–H groups in total. The van der Waals surface area contributed by atoms with E-state index in [1.54, 1.807) is 12.2 Å². The summed E-state index contributed by atoms with van der Waals surface area (Å²) in [5, 5.41) is 0. The Morgan fingerprint density at radius 2 is 2.00 bits per heavy atom. The van der Waals surface area contributed by atoms with E-state index in [1.807, 2.05) is 6.08 Å². The molecule has 0 aromatic carbocycles. The molecule has 0 saturated heterocycles. The third kappa shape index (κ3) is 3.72. The lowest BCUT2D eigenvalue weighted by atomic mass is 10.2. The van der Waals surface area contributed by atoms with Gasteiger partial charge < -0.3 is 4.74 Å². The SMILES string of the molecule is C=C/C=C(\C=C)COC=C. The van der Waals surface area contributed by atoms with Crippen LogP contribution in [0.1, 0.15) is 0 Å². The maximum Gasteiger partial charge on any atom is 0.112 e. The van der Waals surface area contributed by atoms with Crippen LogP contribution in [0, 0.1) is 0 Å². The van der Waals surface area contributed by atoms with E-state index in [-0.39, 0.29) is 0 Å². The fourth-order valence-electron chi connectivity index (χ4n) is 0.482. The van der Waals surface area contributed by atoms with Crippen molar-refractivity contribution < 1.29 is 4.74 Å². The molecule has 0 aliphatic carbocycles. The molecule has 0 saturated carbocycles. The third-order valence-electron chi connectivity index (χ3n) is 0.962. The van der Waals surface area contributed by atoms with E-state index in [9.17, 15) is 0 Å². The second-order valence-corrected chi connectivity index (χ2v) is 1.66. The number of rotatable bonds is 5. The highest BCUT2D eigenvalue weighted by Gasteiger charge is 1.85. The standard InChI is InChI=1S/C9H12O/c1-4-7-9(5-2)8-10-6-3/h4-7H,1-3,8H2/b9-7+. The Labute approximate surface area is 62.0 Å². The molecule has 1 nitrogen and oxygen atoms in total. The normalized spacial score (nSPS) is 10.2. The molecule has 0 aliphatic rings. The number of hydrogen-bond acceptors (Lipinski definition) is 1. The van der Waals surface area contributed by atoms with Crippen molar-refractivity contribution in [3.63, 3.8) is 0 Å². The van der Waals surface area contributed by atoms with Crippen molar-refractivity contribution in [3.8, 4) is 0 Å². The van der Waals surface area contributed by atoms with Gasteiger partial charge in [-0.3, -0.25) is 0 Å². The smallest absolute Gasteiger partial charge is 0.112 e. The van der Waals surface area contributed by atoms with E-state index >= 15 is 0 Å². The van der Waals surface area contributed by atoms with Gasteiger partial charge in [0.1, 0.15) is 6.61 Å². The van der Waals surface area contributed by atoms with E-state index in [4.69, 9.17) is 4.74 Å². The van der Waals surface area contributed by atoms with Gasteiger partial charge in [0.05, 0.1) is 6.26 Å². The average Bonchev–Trinajstić information content (AvgIpc) is 1.98. The second-order valence-electron chi connectivity index (χ2n) is 1.66. The first-order valence-corrected chi connectivity index (χ1v) is 3.01. The van der Waals surface area contributed by atoms with Gasteiger partial charge in [0, 0.05) is 0 Å². The zero-order valence-corrected chi connectivity index (χ0v) is 6.05. The molecule has 0 aromatic heterocycles. The summed E-state index contributed by atoms with van der Waals surface area (Å²) >= 11 is 0. The van der Waals surface area contributed by atoms with Crippen LogP contribution in [0.25, 0.3) is 0 Å². The van der Waals surface area contributed by atoms with Gasteiger partial charge in [0.25, 0.3) is 0 Å². The predicted octanol–water partition coefficient (Wildman–Crippen LogP) is 2.44. The molecule has 0 heterocycles. The van der Waals surface area contributed by atoms with Gasteiger partial charge in [-0.25, -0.2) is 0 Å². The van der Waals surface area contributed by atoms with Crippen LogP contribution < -0.4 is 0 Å². The summed E-state index contributed by atoms with van der Waals surface area (Å²) in [5.74, 6) is 0. The topological polar surface area (TPSA) is 9.23 Å². The van der Waals surface area contributed by atoms with Crippen LogP contribution in [0.4, 0.5) is 0 Å². The first-order chi connectivity index (χ1) is 4.85. The first-order valence-electron chi connectivity index (χ1n) is 3.01. The van der Waals surface area contributed by atoms with Gasteiger partial charge in [-0.1, -0.05) is 38.0 Å². The van der Waals surface area contributed by atoms with Gasteiger partial charge in [0.15, 0.2) is 0 Å². The highest BCUT2D eigenvalue weighted by Crippen LogP contribution is 1.96. The van der Waals surface area contributed by atoms with Crippen LogP contribution in [0.5, 0.6) is 0 Å². The van der Waals surface area contributed by atoms with Crippen molar-refractivity contribution in [1.29, 1.82) is 0 Å². The summed E-state index contributed by atoms with van der Waals surface area (Å²) in [4.78, 5) is 0. The molecule has 54 valence electrons. The van der Waals surface area contributed by atoms with Gasteiger partial charge in [0.2, 0.25) is 0 Å². The molecule has 10 heavy (non-hydrogen) atoms. The van der Waals surface area contributed by atoms with E-state index in [0.29, 0.717) is 6.61 Å². The minimum atomic E-state index is 0.513. The van der Waals surface area contributed by atoms with Crippen LogP contribution in [0.3, 0.4) is 0 Å². The molecular weight excluding hydrogens is 124 g/mol. The minimum absolute atomic E-state index is 0.513. The molecule has 0 aliphatic heterocycles. The van der Waals surface area contributed by atoms with Crippen molar-refractivity contribution in [2.24, 2.45) is 0 Å². The van der Waals surface area contributed by atoms with Crippen molar-refractivity contribution >= 4 is 0 Å². The predicted molar refractivity (Wildman–Crippen MR) is 44.6 cm³/mol. The molecular formula is C9H12O. The van der Waals surface area contributed by atoms with E-state index < -0.39 is 0 Å². The summed E-state index contributed by atoms with van der Waals surface area (Å²) in [5.41, 5.74) is 0.995. The lowest BCUT2D eigenvalue weighted by Gasteiger charge is -1.98. The Morgan fingerprint density at radius 3 is 2.40 bits per heavy atom. The molecule has 1 heteroatoms. The molecule has 0 amide bonds. The van der Waals surface area contributed by atoms with Gasteiger partial charge >= 0.3 is 0 Å². The van der Waals surface area contributed by atoms with Gasteiger partial charge in [-0.15, -0.1) is 0 Å². The Morgan fingerprint density at radius 1 is 1.30 bits per heavy atom. The summed E-state index contributed by atoms with van der Waals surface area (Å²) in [6.45, 7) is 11.1. The summed E-state index contributed by atoms with van der Waals surface area (Å²) in [6, 6.07) is 0. The molecule has 0 radical (unpaired) electrons. The lowest BCUT2D eigenvalue weighted by Crippen LogP contribution is -1.88. The second kappa shape index (κ2) is 5.89. The summed E-state index contributed by atoms with van der Waals surface area (Å²) < 4.78 is 4.92. The Balaban J connectivity index is 3.81. The van der Waals surface area contributed by atoms with Crippen molar-refractivity contribution in [2.45, 2.75) is 0 Å². The molecule has 0 aromatic rings. The number of hydrogen-bond donors (Lipinski definition) is 0. The maximum absolute atomic E-state index is 4.92. The van der Waals surface area contributed by atoms with Crippen molar-refractivity contribution in [1.82, 2.24) is 0 Å². The van der Waals surface area contributed by atoms with E-state index in [0.717, 1.165) is 5.57 Å². The Hall–Kier alpha value is -1.24. The zero-order chi connectivity index (χ0) is 7.82. The third-order valence-corrected chi connectivity index (χ3v) is 0.962. The van der Waals surface area contributed by atoms with Crippen molar-refractivity contribution in [2.75, 3.05) is 6.61 Å². The van der Waals surface area contributed by atoms with Crippen LogP contribution in [-0.4, -0.2) is 6.61 Å². The van der Waals surface area contributed by atoms with E-state index in [1.165, 1.54) is 6.26 Å². The highest BCUT2D eigenvalue weighted by atomic mass is 16.5. The highest BCUT2D eigenvalue weighted by molar-refractivity contribution is 5.21. The lowest BCUT2D eigenvalue weighted by molar-refractivity contribution is 0.285. The first kappa shape index (κ1) is 8.76. The minimum Gasteiger partial charge on any atom is -0.497 e. The van der Waals surface area contributed by atoms with Crippen LogP contribution in [0.2, 0.25) is 0 Å². The molecule has 0 rings (SSSR count). The fourth-order valence-corrected chi connectivity index (χ4v) is 0.482.